The third kappa shape index (κ3) is 12.1. The Morgan fingerprint density at radius 1 is 1.50 bits per heavy atom. The highest BCUT2D eigenvalue weighted by molar-refractivity contribution is 5.76. The maximum absolute atomic E-state index is 10.8. The van der Waals surface area contributed by atoms with Crippen LogP contribution in [0.1, 0.15) is 12.8 Å². The number of hydrogen-bond acceptors (Lipinski definition) is 6. The van der Waals surface area contributed by atoms with Gasteiger partial charge in [-0.05, 0) is 12.8 Å². The minimum atomic E-state index is -0.584. The highest BCUT2D eigenvalue weighted by Gasteiger charge is 2.11. The van der Waals surface area contributed by atoms with E-state index in [-0.39, 0.29) is 5.96 Å². The first kappa shape index (κ1) is 16.5. The van der Waals surface area contributed by atoms with Crippen LogP contribution >= 0.6 is 0 Å². The summed E-state index contributed by atoms with van der Waals surface area (Å²) >= 11 is 0. The summed E-state index contributed by atoms with van der Waals surface area (Å²) in [6, 6.07) is -0.584. The Hall–Kier alpha value is -1.90. The smallest absolute Gasteiger partial charge is 0.322 e. The number of hydrogen-bond donors (Lipinski definition) is 4. The molecule has 0 aliphatic rings. The molecule has 0 unspecified atom stereocenters. The number of aliphatic imine (C=N–C) groups is 1. The van der Waals surface area contributed by atoms with Gasteiger partial charge in [-0.2, -0.15) is 0 Å². The van der Waals surface area contributed by atoms with Crippen LogP contribution in [0.5, 0.6) is 0 Å². The fraction of sp³-hybridized carbons (Fsp3) is 0.714. The van der Waals surface area contributed by atoms with Gasteiger partial charge in [0.2, 0.25) is 0 Å². The van der Waals surface area contributed by atoms with Gasteiger partial charge in [0.15, 0.2) is 11.3 Å². The molecule has 9 nitrogen and oxygen atoms in total. The largest absolute Gasteiger partial charge is 0.468 e. The topological polar surface area (TPSA) is 166 Å². The summed E-state index contributed by atoms with van der Waals surface area (Å²) in [4.78, 5) is 22.7. The lowest BCUT2D eigenvalue weighted by Crippen LogP contribution is -2.31. The van der Waals surface area contributed by atoms with Gasteiger partial charge in [0.1, 0.15) is 6.04 Å². The second kappa shape index (κ2) is 11.2. The van der Waals surface area contributed by atoms with E-state index in [1.807, 2.05) is 0 Å². The molecule has 0 radical (unpaired) electrons. The number of nitrogens with zero attached hydrogens (tertiary/aromatic N) is 2. The molecule has 0 saturated heterocycles. The van der Waals surface area contributed by atoms with Crippen molar-refractivity contribution < 1.29 is 14.7 Å². The van der Waals surface area contributed by atoms with Gasteiger partial charge in [-0.1, -0.05) is 0 Å². The van der Waals surface area contributed by atoms with E-state index in [1.54, 1.807) is 0 Å². The molecular formula is C7H17N5O4. The maximum atomic E-state index is 10.8. The van der Waals surface area contributed by atoms with Crippen molar-refractivity contribution in [2.45, 2.75) is 18.9 Å². The van der Waals surface area contributed by atoms with Crippen LogP contribution in [0.4, 0.5) is 0 Å². The van der Waals surface area contributed by atoms with Crippen molar-refractivity contribution in [3.8, 4) is 0 Å². The predicted molar refractivity (Wildman–Crippen MR) is 57.5 cm³/mol. The summed E-state index contributed by atoms with van der Waals surface area (Å²) < 4.78 is 4.44. The zero-order valence-corrected chi connectivity index (χ0v) is 9.00. The van der Waals surface area contributed by atoms with Crippen LogP contribution in [-0.4, -0.2) is 36.8 Å². The molecule has 94 valence electrons. The molecule has 0 aliphatic carbocycles. The van der Waals surface area contributed by atoms with Gasteiger partial charge >= 0.3 is 5.97 Å². The summed E-state index contributed by atoms with van der Waals surface area (Å²) in [6.45, 7) is 0.479. The van der Waals surface area contributed by atoms with Crippen LogP contribution in [0, 0.1) is 4.91 Å². The second-order valence-electron chi connectivity index (χ2n) is 2.66. The number of carbonyl (C=O) groups excluding carboxylic acids is 1. The number of rotatable bonds is 5. The van der Waals surface area contributed by atoms with Crippen LogP contribution in [0.3, 0.4) is 0 Å². The monoisotopic (exact) mass is 235 g/mol. The molecule has 0 aromatic heterocycles. The first-order valence-corrected chi connectivity index (χ1v) is 4.35. The van der Waals surface area contributed by atoms with Crippen molar-refractivity contribution in [3.63, 3.8) is 0 Å². The fourth-order valence-corrected chi connectivity index (χ4v) is 0.789. The van der Waals surface area contributed by atoms with E-state index in [0.29, 0.717) is 19.4 Å². The van der Waals surface area contributed by atoms with Crippen molar-refractivity contribution in [2.75, 3.05) is 13.7 Å². The minimum Gasteiger partial charge on any atom is -0.468 e. The van der Waals surface area contributed by atoms with E-state index in [1.165, 1.54) is 12.4 Å². The van der Waals surface area contributed by atoms with Crippen molar-refractivity contribution >= 4 is 11.9 Å². The van der Waals surface area contributed by atoms with E-state index in [9.17, 15) is 4.79 Å². The molecule has 0 heterocycles. The molecule has 0 aliphatic heterocycles. The number of esters is 1. The van der Waals surface area contributed by atoms with Gasteiger partial charge in [-0.15, -0.1) is 4.91 Å². The number of guanidine groups is 1. The van der Waals surface area contributed by atoms with Crippen molar-refractivity contribution in [1.82, 2.24) is 0 Å². The summed E-state index contributed by atoms with van der Waals surface area (Å²) in [5, 5.41) is 7.89. The van der Waals surface area contributed by atoms with Crippen molar-refractivity contribution in [3.05, 3.63) is 4.91 Å². The van der Waals surface area contributed by atoms with Crippen LogP contribution in [0.25, 0.3) is 0 Å². The van der Waals surface area contributed by atoms with Gasteiger partial charge in [0.25, 0.3) is 0 Å². The maximum Gasteiger partial charge on any atom is 0.322 e. The van der Waals surface area contributed by atoms with Gasteiger partial charge in [-0.3, -0.25) is 9.79 Å². The van der Waals surface area contributed by atoms with E-state index >= 15 is 0 Å². The Morgan fingerprint density at radius 2 is 2.00 bits per heavy atom. The van der Waals surface area contributed by atoms with Crippen LogP contribution < -0.4 is 17.2 Å². The Bertz CT molecular complexity index is 229. The van der Waals surface area contributed by atoms with E-state index in [4.69, 9.17) is 27.3 Å². The van der Waals surface area contributed by atoms with Gasteiger partial charge in [-0.25, -0.2) is 0 Å². The van der Waals surface area contributed by atoms with Crippen molar-refractivity contribution in [2.24, 2.45) is 27.5 Å². The van der Waals surface area contributed by atoms with Gasteiger partial charge in [0, 0.05) is 6.54 Å². The molecule has 0 amide bonds. The first-order valence-electron chi connectivity index (χ1n) is 4.35. The Balaban J connectivity index is 0. The summed E-state index contributed by atoms with van der Waals surface area (Å²) in [5.41, 5.74) is 15.7. The van der Waals surface area contributed by atoms with E-state index in [0.717, 1.165) is 0 Å². The summed E-state index contributed by atoms with van der Waals surface area (Å²) in [5.74, 6) is -0.365. The zero-order chi connectivity index (χ0) is 13.0. The lowest BCUT2D eigenvalue weighted by molar-refractivity contribution is -0.142. The average molecular weight is 235 g/mol. The van der Waals surface area contributed by atoms with Crippen LogP contribution in [0.15, 0.2) is 10.3 Å². The Kier molecular flexibility index (Phi) is 11.5. The first-order chi connectivity index (χ1) is 7.49. The van der Waals surface area contributed by atoms with Crippen LogP contribution in [-0.2, 0) is 9.53 Å². The molecule has 1 atom stereocenters. The second-order valence-corrected chi connectivity index (χ2v) is 2.66. The molecule has 0 aromatic carbocycles. The zero-order valence-electron chi connectivity index (χ0n) is 9.00. The molecule has 0 fully saturated rings. The molecule has 0 bridgehead atoms. The SMILES string of the molecule is COC(=O)[C@@H](N)CCCN=C(N)N.O=NO. The molecule has 16 heavy (non-hydrogen) atoms. The van der Waals surface area contributed by atoms with Gasteiger partial charge in [0.05, 0.1) is 7.11 Å². The number of carbonyl (C=O) groups is 1. The van der Waals surface area contributed by atoms with Crippen molar-refractivity contribution in [1.29, 1.82) is 0 Å². The molecule has 0 aromatic rings. The fourth-order valence-electron chi connectivity index (χ4n) is 0.789. The lowest BCUT2D eigenvalue weighted by atomic mass is 10.2. The summed E-state index contributed by atoms with van der Waals surface area (Å²) in [6.07, 6.45) is 1.18. The standard InChI is InChI=1S/C7H16N4O2.HNO2/c1-13-6(12)5(8)3-2-4-11-7(9)10;2-1-3/h5H,2-4,8H2,1H3,(H4,9,10,11);(H,2,3)/t5-;/m0./s1. The molecule has 7 N–H and O–H groups in total. The van der Waals surface area contributed by atoms with Gasteiger partial charge < -0.3 is 27.1 Å². The predicted octanol–water partition coefficient (Wildman–Crippen LogP) is -1.32. The van der Waals surface area contributed by atoms with E-state index in [2.05, 4.69) is 9.73 Å². The lowest BCUT2D eigenvalue weighted by Gasteiger charge is -2.07. The summed E-state index contributed by atoms with van der Waals surface area (Å²) in [7, 11) is 1.30. The molecule has 0 spiro atoms. The quantitative estimate of drug-likeness (QED) is 0.114. The molecule has 0 saturated carbocycles. The minimum absolute atomic E-state index is 0.0478. The molecular weight excluding hydrogens is 218 g/mol. The normalized spacial score (nSPS) is 10.4. The third-order valence-corrected chi connectivity index (χ3v) is 1.47. The van der Waals surface area contributed by atoms with Crippen LogP contribution in [0.2, 0.25) is 0 Å². The highest BCUT2D eigenvalue weighted by Crippen LogP contribution is 1.96. The third-order valence-electron chi connectivity index (χ3n) is 1.47. The molecule has 0 rings (SSSR count). The number of methoxy groups -OCH3 is 1. The Labute approximate surface area is 92.6 Å². The van der Waals surface area contributed by atoms with E-state index < -0.39 is 12.0 Å². The average Bonchev–Trinajstić information content (AvgIpc) is 2.23. The number of ether oxygens (including phenoxy) is 1. The highest BCUT2D eigenvalue weighted by atomic mass is 16.6. The molecule has 9 heteroatoms. The number of nitrogens with two attached hydrogens (primary N) is 3. The Morgan fingerprint density at radius 3 is 2.38 bits per heavy atom.